The minimum Gasteiger partial charge on any atom is -0.495 e. The number of methoxy groups -OCH3 is 1. The molecule has 1 unspecified atom stereocenters. The fourth-order valence-corrected chi connectivity index (χ4v) is 3.29. The fourth-order valence-electron chi connectivity index (χ4n) is 3.29. The number of rotatable bonds is 3. The molecule has 1 aromatic carbocycles. The number of hydrogen-bond donors (Lipinski definition) is 1. The number of nitrogens with two attached hydrogens (primary N) is 1. The van der Waals surface area contributed by atoms with Crippen LogP contribution in [-0.2, 0) is 19.4 Å². The van der Waals surface area contributed by atoms with E-state index in [2.05, 4.69) is 6.92 Å². The molecule has 4 nitrogen and oxygen atoms in total. The molecule has 22 heavy (non-hydrogen) atoms. The Bertz CT molecular complexity index is 749. The van der Waals surface area contributed by atoms with Crippen LogP contribution in [0.2, 0.25) is 0 Å². The Morgan fingerprint density at radius 1 is 1.36 bits per heavy atom. The maximum atomic E-state index is 12.8. The molecule has 0 saturated heterocycles. The molecule has 1 aliphatic rings. The summed E-state index contributed by atoms with van der Waals surface area (Å²) >= 11 is 0. The van der Waals surface area contributed by atoms with E-state index in [0.717, 1.165) is 30.6 Å². The maximum absolute atomic E-state index is 12.8. The molecule has 0 spiro atoms. The summed E-state index contributed by atoms with van der Waals surface area (Å²) in [7, 11) is 1.63. The number of hydrogen-bond acceptors (Lipinski definition) is 3. The van der Waals surface area contributed by atoms with Crippen LogP contribution in [0.1, 0.15) is 30.2 Å². The molecule has 116 valence electrons. The van der Waals surface area contributed by atoms with E-state index in [9.17, 15) is 4.79 Å². The average Bonchev–Trinajstić information content (AvgIpc) is 2.54. The summed E-state index contributed by atoms with van der Waals surface area (Å²) in [5.74, 6) is 1.35. The highest BCUT2D eigenvalue weighted by molar-refractivity contribution is 5.49. The zero-order chi connectivity index (χ0) is 15.7. The van der Waals surface area contributed by atoms with E-state index in [1.807, 2.05) is 34.9 Å². The Labute approximate surface area is 130 Å². The zero-order valence-corrected chi connectivity index (χ0v) is 13.1. The zero-order valence-electron chi connectivity index (χ0n) is 13.1. The van der Waals surface area contributed by atoms with Gasteiger partial charge in [0.05, 0.1) is 12.8 Å². The molecule has 0 amide bonds. The Balaban J connectivity index is 2.30. The van der Waals surface area contributed by atoms with Gasteiger partial charge in [-0.1, -0.05) is 19.1 Å². The minimum atomic E-state index is -0.0275. The van der Waals surface area contributed by atoms with Gasteiger partial charge in [-0.2, -0.15) is 0 Å². The second-order valence-corrected chi connectivity index (χ2v) is 6.01. The first kappa shape index (κ1) is 14.9. The molecule has 4 heteroatoms. The van der Waals surface area contributed by atoms with Crippen molar-refractivity contribution in [2.45, 2.75) is 32.7 Å². The van der Waals surface area contributed by atoms with Crippen molar-refractivity contribution in [1.29, 1.82) is 0 Å². The van der Waals surface area contributed by atoms with Gasteiger partial charge in [0.25, 0.3) is 5.56 Å². The van der Waals surface area contributed by atoms with Gasteiger partial charge in [-0.3, -0.25) is 9.36 Å². The second kappa shape index (κ2) is 5.97. The summed E-state index contributed by atoms with van der Waals surface area (Å²) in [5.41, 5.74) is 9.57. The molecule has 1 aliphatic carbocycles. The summed E-state index contributed by atoms with van der Waals surface area (Å²) in [6, 6.07) is 9.65. The van der Waals surface area contributed by atoms with Gasteiger partial charge in [-0.25, -0.2) is 0 Å². The van der Waals surface area contributed by atoms with Crippen molar-refractivity contribution in [2.24, 2.45) is 11.7 Å². The molecule has 1 heterocycles. The highest BCUT2D eigenvalue weighted by Crippen LogP contribution is 2.29. The molecule has 0 fully saturated rings. The number of benzene rings is 1. The monoisotopic (exact) mass is 298 g/mol. The lowest BCUT2D eigenvalue weighted by Gasteiger charge is -2.26. The van der Waals surface area contributed by atoms with E-state index in [-0.39, 0.29) is 12.1 Å². The van der Waals surface area contributed by atoms with Crippen LogP contribution in [0.3, 0.4) is 0 Å². The van der Waals surface area contributed by atoms with Crippen LogP contribution in [0.4, 0.5) is 0 Å². The molecular weight excluding hydrogens is 276 g/mol. The third-order valence-corrected chi connectivity index (χ3v) is 4.46. The Hall–Kier alpha value is -2.07. The predicted octanol–water partition coefficient (Wildman–Crippen LogP) is 2.43. The van der Waals surface area contributed by atoms with Crippen molar-refractivity contribution in [1.82, 2.24) is 4.57 Å². The molecule has 0 saturated carbocycles. The Morgan fingerprint density at radius 2 is 2.14 bits per heavy atom. The topological polar surface area (TPSA) is 57.2 Å². The summed E-state index contributed by atoms with van der Waals surface area (Å²) < 4.78 is 7.26. The summed E-state index contributed by atoms with van der Waals surface area (Å²) in [5, 5.41) is 0. The van der Waals surface area contributed by atoms with Crippen molar-refractivity contribution in [3.8, 4) is 11.4 Å². The lowest BCUT2D eigenvalue weighted by Crippen LogP contribution is -2.31. The molecule has 1 atom stereocenters. The molecule has 3 rings (SSSR count). The quantitative estimate of drug-likeness (QED) is 0.947. The predicted molar refractivity (Wildman–Crippen MR) is 87.7 cm³/mol. The third-order valence-electron chi connectivity index (χ3n) is 4.46. The standard InChI is InChI=1S/C18H22N2O2/c1-12-7-8-15-13(9-12)10-14(11-19)18(21)20(15)16-5-3-4-6-17(16)22-2/h3-6,10,12H,7-9,11,19H2,1-2H3. The summed E-state index contributed by atoms with van der Waals surface area (Å²) in [6.45, 7) is 2.51. The average molecular weight is 298 g/mol. The molecule has 0 radical (unpaired) electrons. The van der Waals surface area contributed by atoms with Crippen LogP contribution in [-0.4, -0.2) is 11.7 Å². The van der Waals surface area contributed by atoms with E-state index < -0.39 is 0 Å². The highest BCUT2D eigenvalue weighted by Gasteiger charge is 2.22. The van der Waals surface area contributed by atoms with E-state index in [4.69, 9.17) is 10.5 Å². The number of ether oxygens (including phenoxy) is 1. The summed E-state index contributed by atoms with van der Waals surface area (Å²) in [6.07, 6.45) is 3.01. The Kier molecular flexibility index (Phi) is 4.03. The van der Waals surface area contributed by atoms with Crippen LogP contribution < -0.4 is 16.0 Å². The van der Waals surface area contributed by atoms with Crippen molar-refractivity contribution >= 4 is 0 Å². The minimum absolute atomic E-state index is 0.0275. The van der Waals surface area contributed by atoms with E-state index in [1.54, 1.807) is 7.11 Å². The van der Waals surface area contributed by atoms with Crippen LogP contribution in [0.25, 0.3) is 5.69 Å². The molecule has 0 bridgehead atoms. The number of fused-ring (bicyclic) bond motifs is 1. The lowest BCUT2D eigenvalue weighted by molar-refractivity contribution is 0.411. The molecule has 1 aromatic heterocycles. The maximum Gasteiger partial charge on any atom is 0.259 e. The van der Waals surface area contributed by atoms with Crippen molar-refractivity contribution < 1.29 is 4.74 Å². The van der Waals surface area contributed by atoms with E-state index in [0.29, 0.717) is 17.2 Å². The van der Waals surface area contributed by atoms with E-state index >= 15 is 0 Å². The molecule has 2 N–H and O–H groups in total. The van der Waals surface area contributed by atoms with Gasteiger partial charge >= 0.3 is 0 Å². The smallest absolute Gasteiger partial charge is 0.259 e. The van der Waals surface area contributed by atoms with Gasteiger partial charge < -0.3 is 10.5 Å². The van der Waals surface area contributed by atoms with Crippen molar-refractivity contribution in [2.75, 3.05) is 7.11 Å². The van der Waals surface area contributed by atoms with Gasteiger partial charge in [0.15, 0.2) is 0 Å². The van der Waals surface area contributed by atoms with Gasteiger partial charge in [0.2, 0.25) is 0 Å². The highest BCUT2D eigenvalue weighted by atomic mass is 16.5. The van der Waals surface area contributed by atoms with Crippen LogP contribution >= 0.6 is 0 Å². The summed E-state index contributed by atoms with van der Waals surface area (Å²) in [4.78, 5) is 12.8. The Morgan fingerprint density at radius 3 is 2.86 bits per heavy atom. The second-order valence-electron chi connectivity index (χ2n) is 6.01. The third kappa shape index (κ3) is 2.44. The SMILES string of the molecule is COc1ccccc1-n1c2c(cc(CN)c1=O)CC(C)CC2. The largest absolute Gasteiger partial charge is 0.495 e. The van der Waals surface area contributed by atoms with Gasteiger partial charge in [-0.15, -0.1) is 0 Å². The number of para-hydroxylation sites is 2. The number of nitrogens with zero attached hydrogens (tertiary/aromatic N) is 1. The fraction of sp³-hybridized carbons (Fsp3) is 0.389. The van der Waals surface area contributed by atoms with Gasteiger partial charge in [-0.05, 0) is 48.9 Å². The van der Waals surface area contributed by atoms with Crippen LogP contribution in [0, 0.1) is 5.92 Å². The molecular formula is C18H22N2O2. The lowest BCUT2D eigenvalue weighted by atomic mass is 9.87. The van der Waals surface area contributed by atoms with Crippen molar-refractivity contribution in [3.63, 3.8) is 0 Å². The first-order valence-electron chi connectivity index (χ1n) is 7.75. The normalized spacial score (nSPS) is 17.1. The van der Waals surface area contributed by atoms with Crippen molar-refractivity contribution in [3.05, 3.63) is 57.5 Å². The number of aromatic nitrogens is 1. The first-order chi connectivity index (χ1) is 10.7. The van der Waals surface area contributed by atoms with Crippen LogP contribution in [0.5, 0.6) is 5.75 Å². The first-order valence-corrected chi connectivity index (χ1v) is 7.75. The molecule has 0 aliphatic heterocycles. The van der Waals surface area contributed by atoms with E-state index in [1.165, 1.54) is 5.56 Å². The van der Waals surface area contributed by atoms with Gasteiger partial charge in [0, 0.05) is 17.8 Å². The molecule has 2 aromatic rings. The van der Waals surface area contributed by atoms with Crippen LogP contribution in [0.15, 0.2) is 35.1 Å². The van der Waals surface area contributed by atoms with Gasteiger partial charge in [0.1, 0.15) is 5.75 Å². The number of pyridine rings is 1.